The fourth-order valence-electron chi connectivity index (χ4n) is 2.15. The summed E-state index contributed by atoms with van der Waals surface area (Å²) in [7, 11) is 0. The summed E-state index contributed by atoms with van der Waals surface area (Å²) in [6.07, 6.45) is 12.2. The molecule has 0 spiro atoms. The molecule has 21 heavy (non-hydrogen) atoms. The first kappa shape index (κ1) is 23.8. The van der Waals surface area contributed by atoms with Gasteiger partial charge in [0, 0.05) is 18.9 Å². The molecule has 0 bridgehead atoms. The zero-order valence-electron chi connectivity index (χ0n) is 13.9. The van der Waals surface area contributed by atoms with Gasteiger partial charge < -0.3 is 15.2 Å². The van der Waals surface area contributed by atoms with Gasteiger partial charge in [-0.2, -0.15) is 0 Å². The van der Waals surface area contributed by atoms with Crippen LogP contribution in [0.3, 0.4) is 0 Å². The van der Waals surface area contributed by atoms with Crippen LogP contribution in [0.25, 0.3) is 0 Å². The van der Waals surface area contributed by atoms with Crippen LogP contribution in [0.5, 0.6) is 0 Å². The zero-order chi connectivity index (χ0) is 15.1. The van der Waals surface area contributed by atoms with Gasteiger partial charge in [0.05, 0.1) is 0 Å². The molecule has 0 saturated heterocycles. The number of carboxylic acid groups (broad SMARTS) is 1. The number of rotatable bonds is 14. The van der Waals surface area contributed by atoms with Crippen molar-refractivity contribution in [2.24, 2.45) is 0 Å². The van der Waals surface area contributed by atoms with E-state index in [9.17, 15) is 14.7 Å². The molecule has 0 aromatic heterocycles. The normalized spacial score (nSPS) is 9.95. The van der Waals surface area contributed by atoms with Gasteiger partial charge in [-0.25, -0.2) is 0 Å². The maximum absolute atomic E-state index is 11.4. The van der Waals surface area contributed by atoms with Crippen molar-refractivity contribution < 1.29 is 66.1 Å². The molecule has 0 aromatic carbocycles. The van der Waals surface area contributed by atoms with Crippen LogP contribution in [0.4, 0.5) is 0 Å². The summed E-state index contributed by atoms with van der Waals surface area (Å²) in [6.45, 7) is 2.66. The first-order valence-electron chi connectivity index (χ1n) is 8.13. The van der Waals surface area contributed by atoms with Crippen molar-refractivity contribution in [2.45, 2.75) is 84.0 Å². The van der Waals surface area contributed by atoms with Crippen LogP contribution >= 0.6 is 0 Å². The predicted octanol–water partition coefficient (Wildman–Crippen LogP) is -0.442. The van der Waals surface area contributed by atoms with Gasteiger partial charge >= 0.3 is 51.4 Å². The molecule has 0 rings (SSSR count). The first-order valence-corrected chi connectivity index (χ1v) is 8.13. The molecule has 1 amide bonds. The van der Waals surface area contributed by atoms with E-state index in [4.69, 9.17) is 0 Å². The molecule has 0 atom stereocenters. The van der Waals surface area contributed by atoms with Crippen molar-refractivity contribution in [3.8, 4) is 0 Å². The van der Waals surface area contributed by atoms with Crippen LogP contribution in [-0.4, -0.2) is 18.4 Å². The van der Waals surface area contributed by atoms with E-state index >= 15 is 0 Å². The minimum absolute atomic E-state index is 0. The number of hydrogen-bond donors (Lipinski definition) is 1. The fourth-order valence-corrected chi connectivity index (χ4v) is 2.15. The van der Waals surface area contributed by atoms with E-state index in [-0.39, 0.29) is 63.7 Å². The van der Waals surface area contributed by atoms with E-state index in [0.717, 1.165) is 12.8 Å². The molecule has 0 heterocycles. The quantitative estimate of drug-likeness (QED) is 0.348. The summed E-state index contributed by atoms with van der Waals surface area (Å²) in [4.78, 5) is 21.6. The van der Waals surface area contributed by atoms with Crippen molar-refractivity contribution in [1.82, 2.24) is 5.32 Å². The first-order chi connectivity index (χ1) is 9.66. The third-order valence-corrected chi connectivity index (χ3v) is 3.39. The van der Waals surface area contributed by atoms with Gasteiger partial charge in [-0.3, -0.25) is 4.79 Å². The Labute approximate surface area is 172 Å². The molecule has 0 aliphatic heterocycles. The van der Waals surface area contributed by atoms with E-state index in [1.807, 2.05) is 0 Å². The molecule has 0 saturated carbocycles. The molecule has 0 radical (unpaired) electrons. The van der Waals surface area contributed by atoms with E-state index in [1.165, 1.54) is 44.9 Å². The number of carboxylic acids is 1. The Morgan fingerprint density at radius 3 is 1.86 bits per heavy atom. The molecule has 0 aliphatic carbocycles. The SMILES string of the molecule is CCCCCCCCCCCC(=O)NCCCC(=O)[O-].[K+]. The minimum Gasteiger partial charge on any atom is -0.550 e. The standard InChI is InChI=1S/C16H31NO3.K/c1-2-3-4-5-6-7-8-9-10-12-15(18)17-14-11-13-16(19)20;/h2-14H2,1H3,(H,17,18)(H,19,20);/q;+1/p-1. The van der Waals surface area contributed by atoms with Crippen molar-refractivity contribution in [1.29, 1.82) is 0 Å². The molecular formula is C16H30KNO3. The van der Waals surface area contributed by atoms with Crippen molar-refractivity contribution in [3.05, 3.63) is 0 Å². The number of unbranched alkanes of at least 4 members (excludes halogenated alkanes) is 8. The molecular weight excluding hydrogens is 293 g/mol. The Morgan fingerprint density at radius 2 is 1.33 bits per heavy atom. The van der Waals surface area contributed by atoms with Crippen LogP contribution in [-0.2, 0) is 9.59 Å². The summed E-state index contributed by atoms with van der Waals surface area (Å²) in [5.41, 5.74) is 0. The second kappa shape index (κ2) is 18.6. The van der Waals surface area contributed by atoms with Crippen LogP contribution in [0.1, 0.15) is 84.0 Å². The Kier molecular flexibility index (Phi) is 21.1. The monoisotopic (exact) mass is 323 g/mol. The molecule has 0 fully saturated rings. The smallest absolute Gasteiger partial charge is 0.550 e. The molecule has 4 nitrogen and oxygen atoms in total. The largest absolute Gasteiger partial charge is 1.00 e. The van der Waals surface area contributed by atoms with E-state index in [2.05, 4.69) is 12.2 Å². The van der Waals surface area contributed by atoms with Crippen LogP contribution in [0.15, 0.2) is 0 Å². The van der Waals surface area contributed by atoms with E-state index in [1.54, 1.807) is 0 Å². The van der Waals surface area contributed by atoms with Gasteiger partial charge in [-0.05, 0) is 19.3 Å². The molecule has 5 heteroatoms. The number of amides is 1. The Bertz CT molecular complexity index is 260. The van der Waals surface area contributed by atoms with Crippen molar-refractivity contribution in [3.63, 3.8) is 0 Å². The Morgan fingerprint density at radius 1 is 0.810 bits per heavy atom. The van der Waals surface area contributed by atoms with Gasteiger partial charge in [0.2, 0.25) is 5.91 Å². The van der Waals surface area contributed by atoms with Gasteiger partial charge in [0.1, 0.15) is 0 Å². The fraction of sp³-hybridized carbons (Fsp3) is 0.875. The predicted molar refractivity (Wildman–Crippen MR) is 79.1 cm³/mol. The third-order valence-electron chi connectivity index (χ3n) is 3.39. The summed E-state index contributed by atoms with van der Waals surface area (Å²) in [6, 6.07) is 0. The van der Waals surface area contributed by atoms with Crippen LogP contribution in [0, 0.1) is 0 Å². The van der Waals surface area contributed by atoms with Crippen LogP contribution < -0.4 is 61.8 Å². The maximum atomic E-state index is 11.4. The number of carbonyl (C=O) groups excluding carboxylic acids is 2. The van der Waals surface area contributed by atoms with Crippen LogP contribution in [0.2, 0.25) is 0 Å². The number of aliphatic carboxylic acids is 1. The zero-order valence-corrected chi connectivity index (χ0v) is 17.0. The van der Waals surface area contributed by atoms with Gasteiger partial charge in [-0.15, -0.1) is 0 Å². The topological polar surface area (TPSA) is 69.2 Å². The van der Waals surface area contributed by atoms with Crippen molar-refractivity contribution >= 4 is 11.9 Å². The average Bonchev–Trinajstić information content (AvgIpc) is 2.41. The Balaban J connectivity index is 0. The Hall–Kier alpha value is 0.576. The summed E-state index contributed by atoms with van der Waals surface area (Å²) in [5, 5.41) is 12.9. The number of nitrogens with one attached hydrogen (secondary N) is 1. The number of carbonyl (C=O) groups is 2. The minimum atomic E-state index is -1.06. The summed E-state index contributed by atoms with van der Waals surface area (Å²) in [5.74, 6) is -1.02. The van der Waals surface area contributed by atoms with E-state index in [0.29, 0.717) is 19.4 Å². The van der Waals surface area contributed by atoms with Gasteiger partial charge in [-0.1, -0.05) is 58.3 Å². The number of hydrogen-bond acceptors (Lipinski definition) is 3. The molecule has 0 aliphatic rings. The second-order valence-corrected chi connectivity index (χ2v) is 5.40. The third kappa shape index (κ3) is 20.6. The van der Waals surface area contributed by atoms with E-state index < -0.39 is 5.97 Å². The van der Waals surface area contributed by atoms with Gasteiger partial charge in [0.15, 0.2) is 0 Å². The second-order valence-electron chi connectivity index (χ2n) is 5.40. The molecule has 1 N–H and O–H groups in total. The van der Waals surface area contributed by atoms with Crippen molar-refractivity contribution in [2.75, 3.05) is 6.54 Å². The summed E-state index contributed by atoms with van der Waals surface area (Å²) < 4.78 is 0. The van der Waals surface area contributed by atoms with Gasteiger partial charge in [0.25, 0.3) is 0 Å². The maximum Gasteiger partial charge on any atom is 1.00 e. The average molecular weight is 324 g/mol. The summed E-state index contributed by atoms with van der Waals surface area (Å²) >= 11 is 0. The molecule has 0 unspecified atom stereocenters. The molecule has 118 valence electrons. The molecule has 0 aromatic rings.